The van der Waals surface area contributed by atoms with Gasteiger partial charge in [-0.1, -0.05) is 18.2 Å². The highest BCUT2D eigenvalue weighted by Crippen LogP contribution is 2.23. The van der Waals surface area contributed by atoms with Gasteiger partial charge in [0.2, 0.25) is 5.89 Å². The van der Waals surface area contributed by atoms with Crippen molar-refractivity contribution in [2.24, 2.45) is 5.73 Å². The molecule has 0 spiro atoms. The van der Waals surface area contributed by atoms with Gasteiger partial charge in [-0.15, -0.1) is 0 Å². The van der Waals surface area contributed by atoms with E-state index in [-0.39, 0.29) is 5.54 Å². The first-order valence-corrected chi connectivity index (χ1v) is 5.76. The zero-order valence-electron chi connectivity index (χ0n) is 10.5. The smallest absolute Gasteiger partial charge is 0.226 e. The molecule has 90 valence electrons. The lowest BCUT2D eigenvalue weighted by molar-refractivity contribution is 0.497. The molecule has 0 amide bonds. The number of nitrogens with zero attached hydrogens (tertiary/aromatic N) is 1. The summed E-state index contributed by atoms with van der Waals surface area (Å²) in [5.74, 6) is 1.52. The Morgan fingerprint density at radius 1 is 1.24 bits per heavy atom. The molecule has 2 N–H and O–H groups in total. The summed E-state index contributed by atoms with van der Waals surface area (Å²) in [7, 11) is 0. The molecular weight excluding hydrogens is 212 g/mol. The van der Waals surface area contributed by atoms with E-state index >= 15 is 0 Å². The predicted octanol–water partition coefficient (Wildman–Crippen LogP) is 2.93. The van der Waals surface area contributed by atoms with E-state index in [4.69, 9.17) is 10.2 Å². The van der Waals surface area contributed by atoms with Crippen LogP contribution in [0.4, 0.5) is 0 Å². The van der Waals surface area contributed by atoms with Crippen molar-refractivity contribution in [2.45, 2.75) is 32.7 Å². The number of hydrogen-bond donors (Lipinski definition) is 1. The molecule has 0 aliphatic heterocycles. The minimum absolute atomic E-state index is 0.268. The highest BCUT2D eigenvalue weighted by Gasteiger charge is 2.18. The number of rotatable bonds is 3. The largest absolute Gasteiger partial charge is 0.441 e. The molecule has 0 atom stereocenters. The fourth-order valence-corrected chi connectivity index (χ4v) is 1.73. The second-order valence-electron chi connectivity index (χ2n) is 5.05. The van der Waals surface area contributed by atoms with Crippen LogP contribution in [0.1, 0.15) is 25.3 Å². The van der Waals surface area contributed by atoms with E-state index in [0.29, 0.717) is 5.89 Å². The van der Waals surface area contributed by atoms with Gasteiger partial charge in [0.1, 0.15) is 5.76 Å². The highest BCUT2D eigenvalue weighted by molar-refractivity contribution is 5.53. The molecule has 0 saturated carbocycles. The highest BCUT2D eigenvalue weighted by atomic mass is 16.4. The van der Waals surface area contributed by atoms with Crippen molar-refractivity contribution in [3.63, 3.8) is 0 Å². The van der Waals surface area contributed by atoms with Crippen LogP contribution in [-0.4, -0.2) is 10.5 Å². The molecule has 3 heteroatoms. The Morgan fingerprint density at radius 2 is 1.88 bits per heavy atom. The van der Waals surface area contributed by atoms with Crippen LogP contribution in [0.2, 0.25) is 0 Å². The van der Waals surface area contributed by atoms with E-state index < -0.39 is 0 Å². The average molecular weight is 230 g/mol. The molecule has 17 heavy (non-hydrogen) atoms. The monoisotopic (exact) mass is 230 g/mol. The Labute approximate surface area is 102 Å². The van der Waals surface area contributed by atoms with Crippen LogP contribution >= 0.6 is 0 Å². The lowest BCUT2D eigenvalue weighted by Gasteiger charge is -2.16. The van der Waals surface area contributed by atoms with E-state index in [9.17, 15) is 0 Å². The van der Waals surface area contributed by atoms with Crippen molar-refractivity contribution in [2.75, 3.05) is 0 Å². The van der Waals surface area contributed by atoms with Crippen molar-refractivity contribution >= 4 is 0 Å². The van der Waals surface area contributed by atoms with Crippen LogP contribution in [0.15, 0.2) is 34.7 Å². The van der Waals surface area contributed by atoms with Crippen LogP contribution in [-0.2, 0) is 6.42 Å². The molecule has 0 bridgehead atoms. The summed E-state index contributed by atoms with van der Waals surface area (Å²) in [6, 6.07) is 9.90. The van der Waals surface area contributed by atoms with Gasteiger partial charge in [-0.2, -0.15) is 0 Å². The van der Waals surface area contributed by atoms with Crippen LogP contribution < -0.4 is 5.73 Å². The Balaban J connectivity index is 2.31. The maximum Gasteiger partial charge on any atom is 0.226 e. The van der Waals surface area contributed by atoms with Gasteiger partial charge in [0.15, 0.2) is 0 Å². The number of hydrogen-bond acceptors (Lipinski definition) is 3. The molecule has 1 aromatic carbocycles. The lowest BCUT2D eigenvalue weighted by atomic mass is 9.99. The third kappa shape index (κ3) is 2.94. The number of aryl methyl sites for hydroxylation is 1. The first-order chi connectivity index (χ1) is 7.96. The van der Waals surface area contributed by atoms with Crippen LogP contribution in [0, 0.1) is 6.92 Å². The number of nitrogens with two attached hydrogens (primary N) is 1. The van der Waals surface area contributed by atoms with Gasteiger partial charge in [-0.3, -0.25) is 0 Å². The summed E-state index contributed by atoms with van der Waals surface area (Å²) >= 11 is 0. The van der Waals surface area contributed by atoms with Gasteiger partial charge < -0.3 is 10.2 Å². The maximum absolute atomic E-state index is 6.00. The molecule has 0 unspecified atom stereocenters. The molecule has 0 aliphatic carbocycles. The topological polar surface area (TPSA) is 52.0 Å². The first-order valence-electron chi connectivity index (χ1n) is 5.76. The molecule has 2 rings (SSSR count). The van der Waals surface area contributed by atoms with Gasteiger partial charge in [0.05, 0.1) is 5.69 Å². The van der Waals surface area contributed by atoms with E-state index in [1.165, 1.54) is 0 Å². The quantitative estimate of drug-likeness (QED) is 0.882. The summed E-state index contributed by atoms with van der Waals surface area (Å²) in [5, 5.41) is 0. The Bertz CT molecular complexity index is 495. The van der Waals surface area contributed by atoms with Gasteiger partial charge >= 0.3 is 0 Å². The van der Waals surface area contributed by atoms with Gasteiger partial charge in [0.25, 0.3) is 0 Å². The molecule has 2 aromatic rings. The summed E-state index contributed by atoms with van der Waals surface area (Å²) in [6.07, 6.45) is 0.717. The molecule has 1 aromatic heterocycles. The third-order valence-corrected chi connectivity index (χ3v) is 2.54. The zero-order valence-corrected chi connectivity index (χ0v) is 10.5. The van der Waals surface area contributed by atoms with Crippen molar-refractivity contribution in [1.29, 1.82) is 0 Å². The van der Waals surface area contributed by atoms with E-state index in [1.54, 1.807) is 0 Å². The number of oxazole rings is 1. The SMILES string of the molecule is Cc1oc(-c2ccccc2)nc1CC(C)(C)N. The Kier molecular flexibility index (Phi) is 3.03. The Morgan fingerprint density at radius 3 is 2.47 bits per heavy atom. The Hall–Kier alpha value is -1.61. The average Bonchev–Trinajstić information content (AvgIpc) is 2.59. The minimum atomic E-state index is -0.268. The third-order valence-electron chi connectivity index (χ3n) is 2.54. The molecule has 0 fully saturated rings. The van der Waals surface area contributed by atoms with Crippen LogP contribution in [0.5, 0.6) is 0 Å². The van der Waals surface area contributed by atoms with Crippen molar-refractivity contribution in [3.8, 4) is 11.5 Å². The predicted molar refractivity (Wildman–Crippen MR) is 68.6 cm³/mol. The molecule has 0 aliphatic rings. The molecule has 0 saturated heterocycles. The van der Waals surface area contributed by atoms with Crippen molar-refractivity contribution < 1.29 is 4.42 Å². The van der Waals surface area contributed by atoms with Crippen LogP contribution in [0.3, 0.4) is 0 Å². The summed E-state index contributed by atoms with van der Waals surface area (Å²) in [4.78, 5) is 4.52. The fourth-order valence-electron chi connectivity index (χ4n) is 1.73. The summed E-state index contributed by atoms with van der Waals surface area (Å²) in [5.41, 5.74) is 7.67. The summed E-state index contributed by atoms with van der Waals surface area (Å²) < 4.78 is 5.68. The molecular formula is C14H18N2O. The second-order valence-corrected chi connectivity index (χ2v) is 5.05. The minimum Gasteiger partial charge on any atom is -0.441 e. The molecule has 0 radical (unpaired) electrons. The second kappa shape index (κ2) is 4.34. The van der Waals surface area contributed by atoms with Crippen molar-refractivity contribution in [3.05, 3.63) is 41.8 Å². The zero-order chi connectivity index (χ0) is 12.5. The fraction of sp³-hybridized carbons (Fsp3) is 0.357. The van der Waals surface area contributed by atoms with E-state index in [0.717, 1.165) is 23.4 Å². The standard InChI is InChI=1S/C14H18N2O/c1-10-12(9-14(2,3)15)16-13(17-10)11-7-5-4-6-8-11/h4-8H,9,15H2,1-3H3. The molecule has 1 heterocycles. The van der Waals surface area contributed by atoms with Crippen molar-refractivity contribution in [1.82, 2.24) is 4.98 Å². The lowest BCUT2D eigenvalue weighted by Crippen LogP contribution is -2.34. The first kappa shape index (κ1) is 11.9. The maximum atomic E-state index is 6.00. The summed E-state index contributed by atoms with van der Waals surface area (Å²) in [6.45, 7) is 5.91. The number of benzene rings is 1. The van der Waals surface area contributed by atoms with Gasteiger partial charge in [-0.25, -0.2) is 4.98 Å². The van der Waals surface area contributed by atoms with E-state index in [1.807, 2.05) is 51.1 Å². The van der Waals surface area contributed by atoms with Crippen LogP contribution in [0.25, 0.3) is 11.5 Å². The van der Waals surface area contributed by atoms with Gasteiger partial charge in [0, 0.05) is 17.5 Å². The van der Waals surface area contributed by atoms with Gasteiger partial charge in [-0.05, 0) is 32.9 Å². The van der Waals surface area contributed by atoms with E-state index in [2.05, 4.69) is 4.98 Å². The normalized spacial score (nSPS) is 11.8. The number of aromatic nitrogens is 1. The molecule has 3 nitrogen and oxygen atoms in total.